The first-order valence-electron chi connectivity index (χ1n) is 6.98. The molecule has 0 radical (unpaired) electrons. The quantitative estimate of drug-likeness (QED) is 0.812. The Morgan fingerprint density at radius 3 is 2.35 bits per heavy atom. The molecule has 114 valence electrons. The van der Waals surface area contributed by atoms with Gasteiger partial charge in [-0.3, -0.25) is 0 Å². The van der Waals surface area contributed by atoms with Crippen molar-refractivity contribution in [3.8, 4) is 0 Å². The van der Waals surface area contributed by atoms with Gasteiger partial charge in [-0.15, -0.1) is 0 Å². The summed E-state index contributed by atoms with van der Waals surface area (Å²) in [7, 11) is -3.52. The second-order valence-corrected chi connectivity index (χ2v) is 7.55. The lowest BCUT2D eigenvalue weighted by Gasteiger charge is -2.23. The van der Waals surface area contributed by atoms with Gasteiger partial charge in [0.25, 0.3) is 0 Å². The normalized spacial score (nSPS) is 12.7. The molecule has 0 aliphatic heterocycles. The maximum Gasteiger partial charge on any atom is 0.240 e. The number of nitrogens with one attached hydrogen (secondary N) is 1. The van der Waals surface area contributed by atoms with E-state index in [1.165, 1.54) is 0 Å². The second-order valence-electron chi connectivity index (χ2n) is 5.78. The van der Waals surface area contributed by atoms with Crippen molar-refractivity contribution in [1.82, 2.24) is 4.72 Å². The number of rotatable bonds is 7. The zero-order valence-corrected chi connectivity index (χ0v) is 13.5. The van der Waals surface area contributed by atoms with Crippen molar-refractivity contribution >= 4 is 10.0 Å². The monoisotopic (exact) mass is 299 g/mol. The van der Waals surface area contributed by atoms with Gasteiger partial charge in [0.15, 0.2) is 0 Å². The van der Waals surface area contributed by atoms with Crippen LogP contribution < -0.4 is 4.72 Å². The molecule has 0 spiro atoms. The molecule has 0 fully saturated rings. The molecule has 0 aliphatic carbocycles. The standard InChI is InChI=1S/C15H25NO3S/c1-5-12-7-8-14(9-13(12)10-17)20(18,19)16-11-15(3,4)6-2/h7-9,16-17H,5-6,10-11H2,1-4H3. The summed E-state index contributed by atoms with van der Waals surface area (Å²) in [5.41, 5.74) is 1.57. The third-order valence-corrected chi connectivity index (χ3v) is 5.14. The fourth-order valence-corrected chi connectivity index (χ4v) is 3.05. The van der Waals surface area contributed by atoms with Crippen LogP contribution in [0.15, 0.2) is 23.1 Å². The summed E-state index contributed by atoms with van der Waals surface area (Å²) in [6.07, 6.45) is 1.67. The molecule has 0 heterocycles. The minimum Gasteiger partial charge on any atom is -0.392 e. The molecule has 0 unspecified atom stereocenters. The lowest BCUT2D eigenvalue weighted by Crippen LogP contribution is -2.33. The summed E-state index contributed by atoms with van der Waals surface area (Å²) in [4.78, 5) is 0.214. The van der Waals surface area contributed by atoms with Crippen molar-refractivity contribution in [3.05, 3.63) is 29.3 Å². The highest BCUT2D eigenvalue weighted by Crippen LogP contribution is 2.21. The van der Waals surface area contributed by atoms with E-state index < -0.39 is 10.0 Å². The third kappa shape index (κ3) is 4.30. The Kier molecular flexibility index (Phi) is 5.74. The minimum absolute atomic E-state index is 0.0732. The highest BCUT2D eigenvalue weighted by Gasteiger charge is 2.21. The Morgan fingerprint density at radius 1 is 1.20 bits per heavy atom. The summed E-state index contributed by atoms with van der Waals surface area (Å²) in [6, 6.07) is 4.92. The van der Waals surface area contributed by atoms with E-state index in [9.17, 15) is 13.5 Å². The Morgan fingerprint density at radius 2 is 1.85 bits per heavy atom. The van der Waals surface area contributed by atoms with E-state index >= 15 is 0 Å². The first-order valence-corrected chi connectivity index (χ1v) is 8.46. The van der Waals surface area contributed by atoms with Gasteiger partial charge >= 0.3 is 0 Å². The van der Waals surface area contributed by atoms with Gasteiger partial charge in [0.2, 0.25) is 10.0 Å². The molecule has 0 bridgehead atoms. The zero-order chi connectivity index (χ0) is 15.4. The maximum absolute atomic E-state index is 12.3. The van der Waals surface area contributed by atoms with Crippen LogP contribution in [0.2, 0.25) is 0 Å². The van der Waals surface area contributed by atoms with E-state index in [-0.39, 0.29) is 16.9 Å². The van der Waals surface area contributed by atoms with E-state index in [1.807, 2.05) is 27.7 Å². The number of hydrogen-bond acceptors (Lipinski definition) is 3. The summed E-state index contributed by atoms with van der Waals surface area (Å²) in [5, 5.41) is 9.32. The van der Waals surface area contributed by atoms with E-state index in [1.54, 1.807) is 18.2 Å². The van der Waals surface area contributed by atoms with Crippen molar-refractivity contribution in [3.63, 3.8) is 0 Å². The fourth-order valence-electron chi connectivity index (χ4n) is 1.76. The van der Waals surface area contributed by atoms with Crippen LogP contribution in [-0.2, 0) is 23.1 Å². The molecule has 0 saturated carbocycles. The molecular weight excluding hydrogens is 274 g/mol. The van der Waals surface area contributed by atoms with Crippen molar-refractivity contribution in [1.29, 1.82) is 0 Å². The Bertz CT molecular complexity index is 550. The molecule has 0 atom stereocenters. The summed E-state index contributed by atoms with van der Waals surface area (Å²) in [6.45, 7) is 8.31. The average molecular weight is 299 g/mol. The molecule has 20 heavy (non-hydrogen) atoms. The average Bonchev–Trinajstić information content (AvgIpc) is 2.44. The van der Waals surface area contributed by atoms with Crippen molar-refractivity contribution in [2.24, 2.45) is 5.41 Å². The number of aliphatic hydroxyl groups excluding tert-OH is 1. The van der Waals surface area contributed by atoms with Crippen LogP contribution in [0.1, 0.15) is 45.2 Å². The number of hydrogen-bond donors (Lipinski definition) is 2. The van der Waals surface area contributed by atoms with Crippen LogP contribution >= 0.6 is 0 Å². The molecule has 0 aromatic heterocycles. The molecule has 1 aromatic rings. The second kappa shape index (κ2) is 6.70. The van der Waals surface area contributed by atoms with Gasteiger partial charge in [-0.25, -0.2) is 13.1 Å². The van der Waals surface area contributed by atoms with Gasteiger partial charge in [-0.05, 0) is 41.5 Å². The highest BCUT2D eigenvalue weighted by atomic mass is 32.2. The smallest absolute Gasteiger partial charge is 0.240 e. The lowest BCUT2D eigenvalue weighted by atomic mass is 9.91. The molecule has 4 nitrogen and oxygen atoms in total. The molecule has 2 N–H and O–H groups in total. The van der Waals surface area contributed by atoms with Gasteiger partial charge in [0.1, 0.15) is 0 Å². The third-order valence-electron chi connectivity index (χ3n) is 3.74. The van der Waals surface area contributed by atoms with Crippen LogP contribution in [0, 0.1) is 5.41 Å². The molecule has 5 heteroatoms. The maximum atomic E-state index is 12.3. The first kappa shape index (κ1) is 17.1. The van der Waals surface area contributed by atoms with Crippen molar-refractivity contribution in [2.45, 2.75) is 52.0 Å². The Hall–Kier alpha value is -0.910. The van der Waals surface area contributed by atoms with E-state index in [0.29, 0.717) is 12.1 Å². The number of benzene rings is 1. The molecule has 0 aliphatic rings. The summed E-state index contributed by atoms with van der Waals surface area (Å²) < 4.78 is 27.2. The van der Waals surface area contributed by atoms with Gasteiger partial charge in [-0.1, -0.05) is 33.8 Å². The predicted molar refractivity (Wildman–Crippen MR) is 81.0 cm³/mol. The van der Waals surface area contributed by atoms with Gasteiger partial charge in [-0.2, -0.15) is 0 Å². The SMILES string of the molecule is CCc1ccc(S(=O)(=O)NCC(C)(C)CC)cc1CO. The summed E-state index contributed by atoms with van der Waals surface area (Å²) >= 11 is 0. The van der Waals surface area contributed by atoms with Gasteiger partial charge < -0.3 is 5.11 Å². The lowest BCUT2D eigenvalue weighted by molar-refractivity contribution is 0.280. The first-order chi connectivity index (χ1) is 9.25. The molecule has 0 amide bonds. The number of aryl methyl sites for hydroxylation is 1. The predicted octanol–water partition coefficient (Wildman–Crippen LogP) is 2.46. The van der Waals surface area contributed by atoms with Crippen molar-refractivity contribution < 1.29 is 13.5 Å². The van der Waals surface area contributed by atoms with Crippen LogP contribution in [-0.4, -0.2) is 20.1 Å². The number of sulfonamides is 1. The van der Waals surface area contributed by atoms with Gasteiger partial charge in [0.05, 0.1) is 11.5 Å². The summed E-state index contributed by atoms with van der Waals surface area (Å²) in [5.74, 6) is 0. The zero-order valence-electron chi connectivity index (χ0n) is 12.7. The molecular formula is C15H25NO3S. The molecule has 1 rings (SSSR count). The van der Waals surface area contributed by atoms with Crippen LogP contribution in [0.3, 0.4) is 0 Å². The highest BCUT2D eigenvalue weighted by molar-refractivity contribution is 7.89. The van der Waals surface area contributed by atoms with E-state index in [2.05, 4.69) is 4.72 Å². The largest absolute Gasteiger partial charge is 0.392 e. The van der Waals surface area contributed by atoms with Crippen molar-refractivity contribution in [2.75, 3.05) is 6.54 Å². The van der Waals surface area contributed by atoms with Crippen LogP contribution in [0.25, 0.3) is 0 Å². The van der Waals surface area contributed by atoms with Gasteiger partial charge in [0, 0.05) is 6.54 Å². The van der Waals surface area contributed by atoms with E-state index in [4.69, 9.17) is 0 Å². The fraction of sp³-hybridized carbons (Fsp3) is 0.600. The van der Waals surface area contributed by atoms with E-state index in [0.717, 1.165) is 18.4 Å². The van der Waals surface area contributed by atoms with Crippen LogP contribution in [0.5, 0.6) is 0 Å². The molecule has 0 saturated heterocycles. The Balaban J connectivity index is 2.98. The Labute approximate surface area is 122 Å². The molecule has 1 aromatic carbocycles. The minimum atomic E-state index is -3.52. The topological polar surface area (TPSA) is 66.4 Å². The van der Waals surface area contributed by atoms with Crippen LogP contribution in [0.4, 0.5) is 0 Å². The number of aliphatic hydroxyl groups is 1.